The molecule has 0 atom stereocenters. The Morgan fingerprint density at radius 3 is 1.82 bits per heavy atom. The summed E-state index contributed by atoms with van der Waals surface area (Å²) in [7, 11) is 0. The van der Waals surface area contributed by atoms with E-state index in [9.17, 15) is 0 Å². The smallest absolute Gasteiger partial charge is 0.0540 e. The third kappa shape index (κ3) is 5.49. The SMILES string of the molecule is c1ccc(-c2cccc(N(c3ccccc3-c3cccc(Cc4cc5ccccc5c5ccccc45)c3)c3cccc4ccccc34)c2)cc1. The van der Waals surface area contributed by atoms with Crippen LogP contribution in [0, 0.1) is 0 Å². The highest BCUT2D eigenvalue weighted by molar-refractivity contribution is 6.09. The molecule has 0 aliphatic carbocycles. The Labute approximate surface area is 293 Å². The van der Waals surface area contributed by atoms with Gasteiger partial charge in [0.2, 0.25) is 0 Å². The van der Waals surface area contributed by atoms with Gasteiger partial charge in [-0.2, -0.15) is 0 Å². The van der Waals surface area contributed by atoms with E-state index in [-0.39, 0.29) is 0 Å². The van der Waals surface area contributed by atoms with Gasteiger partial charge in [-0.15, -0.1) is 0 Å². The van der Waals surface area contributed by atoms with Gasteiger partial charge in [0.15, 0.2) is 0 Å². The zero-order valence-electron chi connectivity index (χ0n) is 27.7. The first-order chi connectivity index (χ1) is 24.8. The van der Waals surface area contributed by atoms with Crippen LogP contribution in [-0.4, -0.2) is 0 Å². The number of nitrogens with zero attached hydrogens (tertiary/aromatic N) is 1. The van der Waals surface area contributed by atoms with Gasteiger partial charge >= 0.3 is 0 Å². The highest BCUT2D eigenvalue weighted by Crippen LogP contribution is 2.44. The summed E-state index contributed by atoms with van der Waals surface area (Å²) < 4.78 is 0. The van der Waals surface area contributed by atoms with Crippen LogP contribution in [0.2, 0.25) is 0 Å². The van der Waals surface area contributed by atoms with Crippen LogP contribution >= 0.6 is 0 Å². The summed E-state index contributed by atoms with van der Waals surface area (Å²) in [6, 6.07) is 72.7. The maximum atomic E-state index is 2.44. The lowest BCUT2D eigenvalue weighted by Gasteiger charge is -2.29. The van der Waals surface area contributed by atoms with E-state index in [1.165, 1.54) is 65.7 Å². The highest BCUT2D eigenvalue weighted by Gasteiger charge is 2.20. The first-order valence-corrected chi connectivity index (χ1v) is 17.3. The molecule has 9 rings (SSSR count). The Morgan fingerprint density at radius 2 is 0.940 bits per heavy atom. The Morgan fingerprint density at radius 1 is 0.340 bits per heavy atom. The van der Waals surface area contributed by atoms with Crippen molar-refractivity contribution >= 4 is 49.4 Å². The van der Waals surface area contributed by atoms with E-state index in [2.05, 4.69) is 205 Å². The fraction of sp³-hybridized carbons (Fsp3) is 0.0204. The number of fused-ring (bicyclic) bond motifs is 4. The maximum Gasteiger partial charge on any atom is 0.0540 e. The molecule has 0 radical (unpaired) electrons. The van der Waals surface area contributed by atoms with Crippen molar-refractivity contribution in [2.75, 3.05) is 4.90 Å². The van der Waals surface area contributed by atoms with Gasteiger partial charge in [-0.3, -0.25) is 0 Å². The van der Waals surface area contributed by atoms with E-state index in [4.69, 9.17) is 0 Å². The minimum Gasteiger partial charge on any atom is -0.309 e. The molecule has 0 unspecified atom stereocenters. The average molecular weight is 638 g/mol. The maximum absolute atomic E-state index is 2.44. The van der Waals surface area contributed by atoms with Crippen LogP contribution in [0.1, 0.15) is 11.1 Å². The Bertz CT molecular complexity index is 2630. The molecule has 0 aliphatic rings. The van der Waals surface area contributed by atoms with Crippen molar-refractivity contribution in [1.82, 2.24) is 0 Å². The molecule has 0 bridgehead atoms. The topological polar surface area (TPSA) is 3.24 Å². The molecule has 0 aromatic heterocycles. The molecule has 0 N–H and O–H groups in total. The third-order valence-electron chi connectivity index (χ3n) is 9.85. The van der Waals surface area contributed by atoms with Crippen molar-refractivity contribution in [2.45, 2.75) is 6.42 Å². The van der Waals surface area contributed by atoms with Gasteiger partial charge in [0.25, 0.3) is 0 Å². The fourth-order valence-electron chi connectivity index (χ4n) is 7.53. The van der Waals surface area contributed by atoms with Crippen LogP contribution in [0.25, 0.3) is 54.6 Å². The van der Waals surface area contributed by atoms with Gasteiger partial charge in [-0.05, 0) is 85.4 Å². The molecule has 0 saturated heterocycles. The van der Waals surface area contributed by atoms with E-state index < -0.39 is 0 Å². The van der Waals surface area contributed by atoms with Gasteiger partial charge in [0.1, 0.15) is 0 Å². The minimum atomic E-state index is 0.855. The van der Waals surface area contributed by atoms with Gasteiger partial charge in [0.05, 0.1) is 11.4 Å². The molecule has 0 heterocycles. The van der Waals surface area contributed by atoms with Gasteiger partial charge in [0, 0.05) is 16.6 Å². The average Bonchev–Trinajstić information content (AvgIpc) is 3.19. The van der Waals surface area contributed by atoms with Crippen LogP contribution in [0.5, 0.6) is 0 Å². The molecule has 236 valence electrons. The predicted molar refractivity (Wildman–Crippen MR) is 214 cm³/mol. The van der Waals surface area contributed by atoms with Crippen LogP contribution in [0.4, 0.5) is 17.1 Å². The highest BCUT2D eigenvalue weighted by atomic mass is 15.1. The van der Waals surface area contributed by atoms with Crippen molar-refractivity contribution in [2.24, 2.45) is 0 Å². The monoisotopic (exact) mass is 637 g/mol. The van der Waals surface area contributed by atoms with E-state index >= 15 is 0 Å². The lowest BCUT2D eigenvalue weighted by atomic mass is 9.92. The molecule has 0 saturated carbocycles. The van der Waals surface area contributed by atoms with Gasteiger partial charge < -0.3 is 4.90 Å². The van der Waals surface area contributed by atoms with E-state index in [1.807, 2.05) is 0 Å². The molecule has 0 fully saturated rings. The van der Waals surface area contributed by atoms with Crippen LogP contribution < -0.4 is 4.90 Å². The zero-order chi connectivity index (χ0) is 33.3. The normalized spacial score (nSPS) is 11.3. The number of anilines is 3. The number of benzene rings is 9. The molecule has 0 aliphatic heterocycles. The predicted octanol–water partition coefficient (Wildman–Crippen LogP) is 13.5. The van der Waals surface area contributed by atoms with Crippen molar-refractivity contribution in [3.8, 4) is 22.3 Å². The van der Waals surface area contributed by atoms with E-state index in [1.54, 1.807) is 0 Å². The number of rotatable bonds is 7. The summed E-state index contributed by atoms with van der Waals surface area (Å²) in [5, 5.41) is 7.65. The lowest BCUT2D eigenvalue weighted by molar-refractivity contribution is 1.22. The van der Waals surface area contributed by atoms with Crippen molar-refractivity contribution in [3.05, 3.63) is 211 Å². The van der Waals surface area contributed by atoms with Gasteiger partial charge in [-0.25, -0.2) is 0 Å². The molecule has 50 heavy (non-hydrogen) atoms. The standard InChI is InChI=1S/C49H35N/c1-2-16-36(17-3-1)38-21-13-23-42(34-38)50(49-30-14-20-37-18-4-7-26-45(37)49)48-29-11-10-27-46(48)39-22-12-15-35(31-39)32-41-33-40-19-5-6-24-43(40)47-28-9-8-25-44(41)47/h1-31,33-34H,32H2. The summed E-state index contributed by atoms with van der Waals surface area (Å²) in [6.45, 7) is 0. The Balaban J connectivity index is 1.19. The second kappa shape index (κ2) is 12.9. The van der Waals surface area contributed by atoms with Crippen LogP contribution in [0.15, 0.2) is 200 Å². The summed E-state index contributed by atoms with van der Waals surface area (Å²) in [4.78, 5) is 2.44. The van der Waals surface area contributed by atoms with Crippen molar-refractivity contribution in [1.29, 1.82) is 0 Å². The molecule has 9 aromatic carbocycles. The number of hydrogen-bond donors (Lipinski definition) is 0. The molecule has 0 spiro atoms. The summed E-state index contributed by atoms with van der Waals surface area (Å²) >= 11 is 0. The molecular weight excluding hydrogens is 603 g/mol. The second-order valence-electron chi connectivity index (χ2n) is 12.9. The quantitative estimate of drug-likeness (QED) is 0.157. The molecule has 1 heteroatoms. The lowest BCUT2D eigenvalue weighted by Crippen LogP contribution is -2.12. The van der Waals surface area contributed by atoms with E-state index in [0.29, 0.717) is 0 Å². The van der Waals surface area contributed by atoms with Crippen LogP contribution in [-0.2, 0) is 6.42 Å². The largest absolute Gasteiger partial charge is 0.309 e. The van der Waals surface area contributed by atoms with Crippen LogP contribution in [0.3, 0.4) is 0 Å². The molecular formula is C49H35N. The summed E-state index contributed by atoms with van der Waals surface area (Å²) in [6.07, 6.45) is 0.855. The van der Waals surface area contributed by atoms with Crippen molar-refractivity contribution < 1.29 is 0 Å². The third-order valence-corrected chi connectivity index (χ3v) is 9.85. The van der Waals surface area contributed by atoms with Gasteiger partial charge in [-0.1, -0.05) is 176 Å². The molecule has 1 nitrogen and oxygen atoms in total. The first kappa shape index (κ1) is 29.7. The Hall–Kier alpha value is -6.44. The molecule has 9 aromatic rings. The Kier molecular flexibility index (Phi) is 7.64. The van der Waals surface area contributed by atoms with E-state index in [0.717, 1.165) is 23.5 Å². The summed E-state index contributed by atoms with van der Waals surface area (Å²) in [5.74, 6) is 0. The first-order valence-electron chi connectivity index (χ1n) is 17.3. The molecule has 0 amide bonds. The number of hydrogen-bond acceptors (Lipinski definition) is 1. The fourth-order valence-corrected chi connectivity index (χ4v) is 7.53. The zero-order valence-corrected chi connectivity index (χ0v) is 27.7. The minimum absolute atomic E-state index is 0.855. The number of para-hydroxylation sites is 1. The second-order valence-corrected chi connectivity index (χ2v) is 12.9. The van der Waals surface area contributed by atoms with Crippen molar-refractivity contribution in [3.63, 3.8) is 0 Å². The summed E-state index contributed by atoms with van der Waals surface area (Å²) in [5.41, 5.74) is 10.8.